The Morgan fingerprint density at radius 2 is 2.16 bits per heavy atom. The highest BCUT2D eigenvalue weighted by atomic mass is 35.5. The van der Waals surface area contributed by atoms with Gasteiger partial charge in [0, 0.05) is 18.2 Å². The van der Waals surface area contributed by atoms with Gasteiger partial charge in [-0.25, -0.2) is 0 Å². The summed E-state index contributed by atoms with van der Waals surface area (Å²) in [5.74, 6) is 1.31. The van der Waals surface area contributed by atoms with Crippen LogP contribution in [-0.2, 0) is 4.74 Å². The molecule has 0 amide bonds. The Labute approximate surface area is 119 Å². The molecule has 0 aromatic heterocycles. The van der Waals surface area contributed by atoms with E-state index in [1.165, 1.54) is 5.56 Å². The van der Waals surface area contributed by atoms with Crippen LogP contribution in [0.5, 0.6) is 0 Å². The lowest BCUT2D eigenvalue weighted by Crippen LogP contribution is -2.17. The molecule has 0 saturated carbocycles. The smallest absolute Gasteiger partial charge is 0.0922 e. The molecule has 4 heteroatoms. The molecule has 1 heterocycles. The maximum Gasteiger partial charge on any atom is 0.0922 e. The number of benzene rings is 1. The molecule has 1 aliphatic heterocycles. The minimum absolute atomic E-state index is 0.137. The van der Waals surface area contributed by atoms with Gasteiger partial charge >= 0.3 is 0 Å². The number of hydrogen-bond acceptors (Lipinski definition) is 3. The molecule has 2 rings (SSSR count). The standard InChI is InChI=1S/C15H21ClN2O/c1-2-19-14(12-4-6-13(16)7-5-12)8-3-11-9-15(17)18-10-11/h4-7,9,11,14,18H,2-3,8,10,17H2,1H3/t11-,14?/m0/s1. The van der Waals surface area contributed by atoms with Gasteiger partial charge in [-0.05, 0) is 49.5 Å². The van der Waals surface area contributed by atoms with Gasteiger partial charge in [0.05, 0.1) is 11.9 Å². The highest BCUT2D eigenvalue weighted by Gasteiger charge is 2.17. The predicted octanol–water partition coefficient (Wildman–Crippen LogP) is 3.22. The van der Waals surface area contributed by atoms with E-state index in [0.717, 1.165) is 30.2 Å². The molecular weight excluding hydrogens is 260 g/mol. The summed E-state index contributed by atoms with van der Waals surface area (Å²) >= 11 is 5.92. The molecule has 0 aliphatic carbocycles. The number of halogens is 1. The third kappa shape index (κ3) is 4.15. The van der Waals surface area contributed by atoms with Gasteiger partial charge in [-0.15, -0.1) is 0 Å². The van der Waals surface area contributed by atoms with Crippen LogP contribution in [0.1, 0.15) is 31.4 Å². The Bertz CT molecular complexity index is 430. The van der Waals surface area contributed by atoms with Crippen LogP contribution in [0, 0.1) is 5.92 Å². The van der Waals surface area contributed by atoms with Crippen molar-refractivity contribution < 1.29 is 4.74 Å². The lowest BCUT2D eigenvalue weighted by atomic mass is 9.98. The van der Waals surface area contributed by atoms with Crippen molar-refractivity contribution in [2.24, 2.45) is 11.7 Å². The first-order valence-electron chi connectivity index (χ1n) is 6.77. The van der Waals surface area contributed by atoms with Crippen molar-refractivity contribution in [1.82, 2.24) is 5.32 Å². The summed E-state index contributed by atoms with van der Waals surface area (Å²) in [7, 11) is 0. The van der Waals surface area contributed by atoms with E-state index in [1.807, 2.05) is 31.2 Å². The van der Waals surface area contributed by atoms with Crippen LogP contribution in [0.3, 0.4) is 0 Å². The van der Waals surface area contributed by atoms with Crippen LogP contribution < -0.4 is 11.1 Å². The van der Waals surface area contributed by atoms with Gasteiger partial charge < -0.3 is 15.8 Å². The minimum atomic E-state index is 0.137. The van der Waals surface area contributed by atoms with E-state index in [1.54, 1.807) is 0 Å². The summed E-state index contributed by atoms with van der Waals surface area (Å²) in [6, 6.07) is 7.91. The van der Waals surface area contributed by atoms with Crippen molar-refractivity contribution in [3.05, 3.63) is 46.7 Å². The minimum Gasteiger partial charge on any atom is -0.386 e. The van der Waals surface area contributed by atoms with E-state index in [4.69, 9.17) is 22.1 Å². The average molecular weight is 281 g/mol. The molecule has 0 fully saturated rings. The third-order valence-electron chi connectivity index (χ3n) is 3.39. The fourth-order valence-electron chi connectivity index (χ4n) is 2.40. The quantitative estimate of drug-likeness (QED) is 0.841. The van der Waals surface area contributed by atoms with Gasteiger partial charge in [-0.2, -0.15) is 0 Å². The Morgan fingerprint density at radius 3 is 2.74 bits per heavy atom. The first-order valence-corrected chi connectivity index (χ1v) is 7.15. The maximum absolute atomic E-state index is 5.92. The number of ether oxygens (including phenoxy) is 1. The predicted molar refractivity (Wildman–Crippen MR) is 78.8 cm³/mol. The molecule has 1 aromatic carbocycles. The molecule has 104 valence electrons. The summed E-state index contributed by atoms with van der Waals surface area (Å²) in [5, 5.41) is 3.91. The van der Waals surface area contributed by atoms with Crippen molar-refractivity contribution in [3.63, 3.8) is 0 Å². The van der Waals surface area contributed by atoms with E-state index in [9.17, 15) is 0 Å². The van der Waals surface area contributed by atoms with Crippen molar-refractivity contribution >= 4 is 11.6 Å². The maximum atomic E-state index is 5.92. The first kappa shape index (κ1) is 14.2. The zero-order valence-electron chi connectivity index (χ0n) is 11.2. The monoisotopic (exact) mass is 280 g/mol. The number of hydrogen-bond donors (Lipinski definition) is 2. The highest BCUT2D eigenvalue weighted by molar-refractivity contribution is 6.30. The number of nitrogens with one attached hydrogen (secondary N) is 1. The van der Waals surface area contributed by atoms with Crippen molar-refractivity contribution in [2.75, 3.05) is 13.2 Å². The largest absolute Gasteiger partial charge is 0.386 e. The van der Waals surface area contributed by atoms with Crippen molar-refractivity contribution in [2.45, 2.75) is 25.9 Å². The topological polar surface area (TPSA) is 47.3 Å². The van der Waals surface area contributed by atoms with Crippen LogP contribution in [-0.4, -0.2) is 13.2 Å². The van der Waals surface area contributed by atoms with E-state index >= 15 is 0 Å². The zero-order chi connectivity index (χ0) is 13.7. The fourth-order valence-corrected chi connectivity index (χ4v) is 2.52. The van der Waals surface area contributed by atoms with Crippen LogP contribution in [0.15, 0.2) is 36.2 Å². The Morgan fingerprint density at radius 1 is 1.42 bits per heavy atom. The SMILES string of the molecule is CCOC(CC[C@H]1C=C(N)NC1)c1ccc(Cl)cc1. The molecule has 1 aliphatic rings. The van der Waals surface area contributed by atoms with Gasteiger partial charge in [0.1, 0.15) is 0 Å². The van der Waals surface area contributed by atoms with Crippen LogP contribution in [0.2, 0.25) is 5.02 Å². The lowest BCUT2D eigenvalue weighted by molar-refractivity contribution is 0.0528. The fraction of sp³-hybridized carbons (Fsp3) is 0.467. The van der Waals surface area contributed by atoms with Gasteiger partial charge in [-0.3, -0.25) is 0 Å². The second-order valence-electron chi connectivity index (χ2n) is 4.84. The molecule has 3 N–H and O–H groups in total. The lowest BCUT2D eigenvalue weighted by Gasteiger charge is -2.19. The molecule has 1 aromatic rings. The van der Waals surface area contributed by atoms with Crippen molar-refractivity contribution in [3.8, 4) is 0 Å². The molecule has 0 bridgehead atoms. The third-order valence-corrected chi connectivity index (χ3v) is 3.64. The molecule has 1 unspecified atom stereocenters. The molecule has 0 radical (unpaired) electrons. The second-order valence-corrected chi connectivity index (χ2v) is 5.27. The van der Waals surface area contributed by atoms with Crippen LogP contribution >= 0.6 is 11.6 Å². The average Bonchev–Trinajstić information content (AvgIpc) is 2.81. The molecule has 19 heavy (non-hydrogen) atoms. The summed E-state index contributed by atoms with van der Waals surface area (Å²) in [4.78, 5) is 0. The highest BCUT2D eigenvalue weighted by Crippen LogP contribution is 2.27. The van der Waals surface area contributed by atoms with Gasteiger partial charge in [-0.1, -0.05) is 23.7 Å². The van der Waals surface area contributed by atoms with Gasteiger partial charge in [0.25, 0.3) is 0 Å². The van der Waals surface area contributed by atoms with E-state index in [2.05, 4.69) is 11.4 Å². The zero-order valence-corrected chi connectivity index (χ0v) is 12.0. The second kappa shape index (κ2) is 6.83. The molecule has 0 spiro atoms. The Hall–Kier alpha value is -1.19. The van der Waals surface area contributed by atoms with Gasteiger partial charge in [0.15, 0.2) is 0 Å². The summed E-state index contributed by atoms with van der Waals surface area (Å²) in [6.45, 7) is 3.68. The first-order chi connectivity index (χ1) is 9.19. The van der Waals surface area contributed by atoms with E-state index in [-0.39, 0.29) is 6.10 Å². The molecular formula is C15H21ClN2O. The number of rotatable bonds is 6. The van der Waals surface area contributed by atoms with Crippen molar-refractivity contribution in [1.29, 1.82) is 0 Å². The number of nitrogens with two attached hydrogens (primary N) is 1. The Balaban J connectivity index is 1.94. The normalized spacial score (nSPS) is 19.9. The van der Waals surface area contributed by atoms with E-state index < -0.39 is 0 Å². The molecule has 3 nitrogen and oxygen atoms in total. The van der Waals surface area contributed by atoms with Gasteiger partial charge in [0.2, 0.25) is 0 Å². The van der Waals surface area contributed by atoms with Crippen LogP contribution in [0.25, 0.3) is 0 Å². The van der Waals surface area contributed by atoms with Crippen LogP contribution in [0.4, 0.5) is 0 Å². The summed E-state index contributed by atoms with van der Waals surface area (Å²) < 4.78 is 5.84. The summed E-state index contributed by atoms with van der Waals surface area (Å²) in [5.41, 5.74) is 6.91. The summed E-state index contributed by atoms with van der Waals surface area (Å²) in [6.07, 6.45) is 4.30. The van der Waals surface area contributed by atoms with E-state index in [0.29, 0.717) is 12.5 Å². The molecule has 0 saturated heterocycles. The molecule has 2 atom stereocenters. The Kier molecular flexibility index (Phi) is 5.11.